The van der Waals surface area contributed by atoms with Crippen LogP contribution in [0.25, 0.3) is 11.0 Å². The lowest BCUT2D eigenvalue weighted by atomic mass is 10.1. The standard InChI is InChI=1S/C28H22ClFN4OS/c29-24-14-23(30)11-10-22(24)18-36-28-33-25-12-13-31-16-26(25)34(28)17-20-6-8-21(9-7-20)27(35)32-15-19-4-2-1-3-5-19/h1-14,16H,15,17-18H2,(H,32,35). The van der Waals surface area contributed by atoms with Crippen LogP contribution >= 0.6 is 23.4 Å². The van der Waals surface area contributed by atoms with Gasteiger partial charge in [0.1, 0.15) is 5.82 Å². The number of hydrogen-bond acceptors (Lipinski definition) is 4. The number of carbonyl (C=O) groups excluding carboxylic acids is 1. The maximum Gasteiger partial charge on any atom is 0.251 e. The van der Waals surface area contributed by atoms with Gasteiger partial charge in [-0.25, -0.2) is 9.37 Å². The predicted molar refractivity (Wildman–Crippen MR) is 142 cm³/mol. The van der Waals surface area contributed by atoms with E-state index in [9.17, 15) is 9.18 Å². The van der Waals surface area contributed by atoms with E-state index in [1.54, 1.807) is 18.5 Å². The number of thioether (sulfide) groups is 1. The number of fused-ring (bicyclic) bond motifs is 1. The summed E-state index contributed by atoms with van der Waals surface area (Å²) >= 11 is 7.75. The van der Waals surface area contributed by atoms with Gasteiger partial charge in [-0.3, -0.25) is 9.78 Å². The predicted octanol–water partition coefficient (Wildman–Crippen LogP) is 6.49. The Morgan fingerprint density at radius 1 is 1.00 bits per heavy atom. The normalized spacial score (nSPS) is 11.1. The maximum absolute atomic E-state index is 13.4. The summed E-state index contributed by atoms with van der Waals surface area (Å²) in [6.45, 7) is 1.04. The van der Waals surface area contributed by atoms with E-state index in [2.05, 4.69) is 14.9 Å². The minimum Gasteiger partial charge on any atom is -0.348 e. The molecule has 0 aliphatic carbocycles. The molecule has 36 heavy (non-hydrogen) atoms. The second-order valence-electron chi connectivity index (χ2n) is 8.23. The molecule has 3 aromatic carbocycles. The molecule has 0 saturated carbocycles. The van der Waals surface area contributed by atoms with Gasteiger partial charge < -0.3 is 9.88 Å². The first kappa shape index (κ1) is 24.0. The van der Waals surface area contributed by atoms with Crippen LogP contribution in [0.2, 0.25) is 5.02 Å². The highest BCUT2D eigenvalue weighted by molar-refractivity contribution is 7.98. The topological polar surface area (TPSA) is 59.8 Å². The molecule has 0 radical (unpaired) electrons. The fourth-order valence-corrected chi connectivity index (χ4v) is 5.15. The number of nitrogens with zero attached hydrogens (tertiary/aromatic N) is 3. The number of carbonyl (C=O) groups is 1. The van der Waals surface area contributed by atoms with Gasteiger partial charge in [0.25, 0.3) is 5.91 Å². The molecule has 0 aliphatic heterocycles. The number of halogens is 2. The summed E-state index contributed by atoms with van der Waals surface area (Å²) in [6.07, 6.45) is 3.51. The summed E-state index contributed by atoms with van der Waals surface area (Å²) < 4.78 is 15.5. The number of hydrogen-bond donors (Lipinski definition) is 1. The number of pyridine rings is 1. The van der Waals surface area contributed by atoms with E-state index in [1.807, 2.05) is 60.7 Å². The van der Waals surface area contributed by atoms with Crippen LogP contribution in [0.3, 0.4) is 0 Å². The maximum atomic E-state index is 13.4. The van der Waals surface area contributed by atoms with Crippen molar-refractivity contribution in [3.8, 4) is 0 Å². The Kier molecular flexibility index (Phi) is 7.30. The number of amides is 1. The van der Waals surface area contributed by atoms with E-state index in [-0.39, 0.29) is 11.7 Å². The minimum absolute atomic E-state index is 0.116. The van der Waals surface area contributed by atoms with Gasteiger partial charge in [0.2, 0.25) is 0 Å². The smallest absolute Gasteiger partial charge is 0.251 e. The second kappa shape index (κ2) is 10.9. The highest BCUT2D eigenvalue weighted by Gasteiger charge is 2.14. The molecule has 180 valence electrons. The van der Waals surface area contributed by atoms with E-state index < -0.39 is 0 Å². The monoisotopic (exact) mass is 516 g/mol. The largest absolute Gasteiger partial charge is 0.348 e. The van der Waals surface area contributed by atoms with Crippen LogP contribution in [0.1, 0.15) is 27.0 Å². The zero-order chi connectivity index (χ0) is 24.9. The molecule has 2 heterocycles. The summed E-state index contributed by atoms with van der Waals surface area (Å²) in [4.78, 5) is 21.6. The van der Waals surface area contributed by atoms with E-state index in [4.69, 9.17) is 16.6 Å². The average molecular weight is 517 g/mol. The molecule has 5 aromatic rings. The van der Waals surface area contributed by atoms with Crippen molar-refractivity contribution < 1.29 is 9.18 Å². The van der Waals surface area contributed by atoms with Crippen molar-refractivity contribution in [2.75, 3.05) is 0 Å². The van der Waals surface area contributed by atoms with Crippen molar-refractivity contribution in [1.82, 2.24) is 19.9 Å². The Hall–Kier alpha value is -3.68. The van der Waals surface area contributed by atoms with E-state index >= 15 is 0 Å². The quantitative estimate of drug-likeness (QED) is 0.239. The zero-order valence-electron chi connectivity index (χ0n) is 19.2. The average Bonchev–Trinajstić information content (AvgIpc) is 3.25. The molecule has 0 saturated heterocycles. The summed E-state index contributed by atoms with van der Waals surface area (Å²) in [5.74, 6) is 0.0792. The third-order valence-corrected chi connectivity index (χ3v) is 7.12. The Morgan fingerprint density at radius 2 is 1.81 bits per heavy atom. The number of imidazole rings is 1. The molecule has 5 nitrogen and oxygen atoms in total. The first-order valence-electron chi connectivity index (χ1n) is 11.3. The molecule has 0 unspecified atom stereocenters. The summed E-state index contributed by atoms with van der Waals surface area (Å²) in [5.41, 5.74) is 5.27. The number of aromatic nitrogens is 3. The van der Waals surface area contributed by atoms with Gasteiger partial charge in [-0.1, -0.05) is 71.9 Å². The van der Waals surface area contributed by atoms with Gasteiger partial charge in [0.05, 0.1) is 23.8 Å². The Morgan fingerprint density at radius 3 is 2.58 bits per heavy atom. The van der Waals surface area contributed by atoms with Crippen LogP contribution in [0.5, 0.6) is 0 Å². The fraction of sp³-hybridized carbons (Fsp3) is 0.107. The second-order valence-corrected chi connectivity index (χ2v) is 9.58. The number of nitrogens with one attached hydrogen (secondary N) is 1. The van der Waals surface area contributed by atoms with Crippen molar-refractivity contribution in [2.24, 2.45) is 0 Å². The molecule has 0 aliphatic rings. The van der Waals surface area contributed by atoms with Crippen molar-refractivity contribution >= 4 is 40.3 Å². The Balaban J connectivity index is 1.32. The number of benzene rings is 3. The third-order valence-electron chi connectivity index (χ3n) is 5.74. The molecule has 1 N–H and O–H groups in total. The molecule has 1 amide bonds. The molecule has 0 spiro atoms. The van der Waals surface area contributed by atoms with E-state index in [1.165, 1.54) is 23.9 Å². The Labute approximate surface area is 217 Å². The van der Waals surface area contributed by atoms with Crippen LogP contribution in [0.15, 0.2) is 96.4 Å². The van der Waals surface area contributed by atoms with Crippen LogP contribution in [-0.2, 0) is 18.8 Å². The first-order chi connectivity index (χ1) is 17.6. The van der Waals surface area contributed by atoms with Crippen LogP contribution in [0.4, 0.5) is 4.39 Å². The van der Waals surface area contributed by atoms with Crippen LogP contribution in [-0.4, -0.2) is 20.4 Å². The molecule has 5 rings (SSSR count). The summed E-state index contributed by atoms with van der Waals surface area (Å²) in [6, 6.07) is 23.7. The van der Waals surface area contributed by atoms with Crippen LogP contribution < -0.4 is 5.32 Å². The van der Waals surface area contributed by atoms with Crippen LogP contribution in [0, 0.1) is 5.82 Å². The molecular formula is C28H22ClFN4OS. The van der Waals surface area contributed by atoms with Gasteiger partial charge in [0.15, 0.2) is 5.16 Å². The molecular weight excluding hydrogens is 495 g/mol. The molecule has 0 atom stereocenters. The highest BCUT2D eigenvalue weighted by Crippen LogP contribution is 2.30. The summed E-state index contributed by atoms with van der Waals surface area (Å²) in [7, 11) is 0. The SMILES string of the molecule is O=C(NCc1ccccc1)c1ccc(Cn2c(SCc3ccc(F)cc3Cl)nc3ccncc32)cc1. The zero-order valence-corrected chi connectivity index (χ0v) is 20.8. The molecule has 0 bridgehead atoms. The summed E-state index contributed by atoms with van der Waals surface area (Å²) in [5, 5.41) is 4.16. The number of rotatable bonds is 8. The van der Waals surface area contributed by atoms with Gasteiger partial charge in [-0.2, -0.15) is 0 Å². The Bertz CT molecular complexity index is 1510. The first-order valence-corrected chi connectivity index (χ1v) is 12.7. The van der Waals surface area contributed by atoms with E-state index in [0.29, 0.717) is 29.4 Å². The third kappa shape index (κ3) is 5.58. The van der Waals surface area contributed by atoms with Gasteiger partial charge >= 0.3 is 0 Å². The highest BCUT2D eigenvalue weighted by atomic mass is 35.5. The molecule has 8 heteroatoms. The van der Waals surface area contributed by atoms with Gasteiger partial charge in [-0.05, 0) is 47.0 Å². The molecule has 0 fully saturated rings. The van der Waals surface area contributed by atoms with Crippen molar-refractivity contribution in [1.29, 1.82) is 0 Å². The van der Waals surface area contributed by atoms with Crippen molar-refractivity contribution in [3.63, 3.8) is 0 Å². The fourth-order valence-electron chi connectivity index (χ4n) is 3.82. The van der Waals surface area contributed by atoms with E-state index in [0.717, 1.165) is 32.9 Å². The molecule has 2 aromatic heterocycles. The van der Waals surface area contributed by atoms with Crippen molar-refractivity contribution in [3.05, 3.63) is 124 Å². The minimum atomic E-state index is -0.357. The lowest BCUT2D eigenvalue weighted by Gasteiger charge is -2.11. The lowest BCUT2D eigenvalue weighted by molar-refractivity contribution is 0.0951. The van der Waals surface area contributed by atoms with Gasteiger partial charge in [0, 0.05) is 29.1 Å². The lowest BCUT2D eigenvalue weighted by Crippen LogP contribution is -2.22. The van der Waals surface area contributed by atoms with Crippen molar-refractivity contribution in [2.45, 2.75) is 24.0 Å². The van der Waals surface area contributed by atoms with Gasteiger partial charge in [-0.15, -0.1) is 0 Å².